The highest BCUT2D eigenvalue weighted by atomic mass is 15.1. The predicted molar refractivity (Wildman–Crippen MR) is 244 cm³/mol. The van der Waals surface area contributed by atoms with E-state index in [1.165, 1.54) is 0 Å². The highest BCUT2D eigenvalue weighted by Crippen LogP contribution is 2.59. The van der Waals surface area contributed by atoms with Gasteiger partial charge in [-0.2, -0.15) is 0 Å². The minimum absolute atomic E-state index is 0.183. The molecule has 0 fully saturated rings. The van der Waals surface area contributed by atoms with Gasteiger partial charge >= 0.3 is 0 Å². The third-order valence-corrected chi connectivity index (χ3v) is 9.31. The molecular formula is C57H39N. The van der Waals surface area contributed by atoms with Crippen molar-refractivity contribution in [3.8, 4) is 33.4 Å². The van der Waals surface area contributed by atoms with Crippen molar-refractivity contribution in [2.75, 3.05) is 4.90 Å². The van der Waals surface area contributed by atoms with E-state index in [9.17, 15) is 24.7 Å². The summed E-state index contributed by atoms with van der Waals surface area (Å²) >= 11 is 0. The second kappa shape index (κ2) is 13.9. The summed E-state index contributed by atoms with van der Waals surface area (Å²) < 4.78 is 362. The van der Waals surface area contributed by atoms with Crippen molar-refractivity contribution in [2.24, 2.45) is 0 Å². The maximum atomic E-state index is 10.1. The fourth-order valence-electron chi connectivity index (χ4n) is 6.92. The smallest absolute Gasteiger partial charge is 0.0714 e. The van der Waals surface area contributed by atoms with Crippen LogP contribution in [0.1, 0.15) is 75.7 Å². The third kappa shape index (κ3) is 5.32. The van der Waals surface area contributed by atoms with Crippen LogP contribution in [-0.4, -0.2) is 0 Å². The lowest BCUT2D eigenvalue weighted by molar-refractivity contribution is 0.768. The summed E-state index contributed by atoms with van der Waals surface area (Å²) in [6.45, 7) is 0. The number of hydrogen-bond donors (Lipinski definition) is 0. The Morgan fingerprint density at radius 3 is 1.29 bits per heavy atom. The maximum absolute atomic E-state index is 10.1. The van der Waals surface area contributed by atoms with Crippen LogP contribution in [0, 0.1) is 0 Å². The molecular weight excluding hydrogens is 699 g/mol. The highest BCUT2D eigenvalue weighted by molar-refractivity contribution is 6.00. The SMILES string of the molecule is [2H]c1c([2H])c([2H])c(C2(c3c([2H])c([2H])c([2H])c([2H])c3[2H])c3c([2H])c([2H])c([2H])c([2H])c3-c3c(N(c4c([2H])c([2H])c(-c5c([2H])c([2H])c([2H])c6c([2H])c([2H])c([2H])c([2H])c56)c([2H])c4[2H])c4c([2H])c([2H])c(-c5c([2H])c([2H])c([2H])c6c([2H])c([2H])c([2H])c([2H])c56)c([2H])c4[2H])c([2H])c([2H])c([2H])c32)c([2H])c1[2H]. The average Bonchev–Trinajstić information content (AvgIpc) is 1.53. The Balaban J connectivity index is 1.46. The summed E-state index contributed by atoms with van der Waals surface area (Å²) in [5.74, 6) is 0. The van der Waals surface area contributed by atoms with Gasteiger partial charge in [0.1, 0.15) is 0 Å². The van der Waals surface area contributed by atoms with Crippen LogP contribution in [-0.2, 0) is 5.41 Å². The fraction of sp³-hybridized carbons (Fsp3) is 0.0175. The summed E-state index contributed by atoms with van der Waals surface area (Å²) in [5, 5.41) is -3.09. The zero-order chi connectivity index (χ0) is 72.4. The molecule has 0 N–H and O–H groups in total. The van der Waals surface area contributed by atoms with Crippen LogP contribution < -0.4 is 4.90 Å². The van der Waals surface area contributed by atoms with Gasteiger partial charge in [0, 0.05) is 16.9 Å². The van der Waals surface area contributed by atoms with Gasteiger partial charge in [-0.1, -0.05) is 205 Å². The van der Waals surface area contributed by atoms with E-state index < -0.39 is 335 Å². The van der Waals surface area contributed by atoms with Crippen molar-refractivity contribution in [1.29, 1.82) is 0 Å². The van der Waals surface area contributed by atoms with Crippen LogP contribution in [0.2, 0.25) is 0 Å². The molecule has 0 unspecified atom stereocenters. The first-order chi connectivity index (χ1) is 45.0. The first-order valence-corrected chi connectivity index (χ1v) is 16.9. The number of hydrogen-bond acceptors (Lipinski definition) is 1. The first-order valence-electron chi connectivity index (χ1n) is 36.4. The highest BCUT2D eigenvalue weighted by Gasteiger charge is 2.47. The zero-order valence-electron chi connectivity index (χ0n) is 67.9. The Morgan fingerprint density at radius 2 is 0.741 bits per heavy atom. The lowest BCUT2D eigenvalue weighted by Gasteiger charge is -2.34. The summed E-state index contributed by atoms with van der Waals surface area (Å²) in [6.07, 6.45) is 0. The van der Waals surface area contributed by atoms with E-state index in [0.717, 1.165) is 0 Å². The third-order valence-electron chi connectivity index (χ3n) is 9.31. The standard InChI is InChI=1S/C57H39N/c1-3-20-44(21-4-1)57(45-22-5-2-6-23-45)53-29-12-11-26-52(53)56-54(57)30-15-31-55(56)58(46-36-32-42(33-37-46)50-27-13-18-40-16-7-9-24-48(40)50)47-38-34-43(35-39-47)51-28-14-19-41-17-8-10-25-49(41)51/h1-39H/i1D,2D,3D,4D,5D,6D,7D,8D,9D,10D,11D,12D,13D,14D,15D,16D,17D,18D,19D,20D,21D,22D,23D,24D,25D,26D,27D,28D,29D,30D,31D,32D,33D,34D,35D,36D,37D,38D,39D. The average molecular weight is 777 g/mol. The zero-order valence-corrected chi connectivity index (χ0v) is 28.9. The first kappa shape index (κ1) is 12.5. The van der Waals surface area contributed by atoms with Gasteiger partial charge in [0.05, 0.1) is 64.6 Å². The lowest BCUT2D eigenvalue weighted by Crippen LogP contribution is -2.28. The molecule has 0 saturated heterocycles. The number of anilines is 3. The number of nitrogens with zero attached hydrogens (tertiary/aromatic N) is 1. The van der Waals surface area contributed by atoms with Crippen LogP contribution in [0.25, 0.3) is 54.9 Å². The molecule has 0 radical (unpaired) electrons. The molecule has 0 atom stereocenters. The topological polar surface area (TPSA) is 3.24 Å². The van der Waals surface area contributed by atoms with Gasteiger partial charge < -0.3 is 4.90 Å². The number of rotatable bonds is 7. The van der Waals surface area contributed by atoms with Gasteiger partial charge in [-0.3, -0.25) is 0 Å². The van der Waals surface area contributed by atoms with E-state index in [4.69, 9.17) is 28.8 Å². The number of fused-ring (bicyclic) bond motifs is 5. The summed E-state index contributed by atoms with van der Waals surface area (Å²) in [6, 6.07) is -48.1. The second-order valence-corrected chi connectivity index (χ2v) is 12.3. The molecule has 58 heavy (non-hydrogen) atoms. The van der Waals surface area contributed by atoms with Crippen LogP contribution in [0.3, 0.4) is 0 Å². The minimum atomic E-state index is -3.58. The largest absolute Gasteiger partial charge is 0.310 e. The van der Waals surface area contributed by atoms with Gasteiger partial charge in [-0.05, 0) is 102 Å². The van der Waals surface area contributed by atoms with Gasteiger partial charge in [0.2, 0.25) is 0 Å². The molecule has 11 rings (SSSR count). The quantitative estimate of drug-likeness (QED) is 0.156. The Hall–Kier alpha value is -7.48. The van der Waals surface area contributed by atoms with Crippen molar-refractivity contribution in [3.05, 3.63) is 258 Å². The van der Waals surface area contributed by atoms with Gasteiger partial charge in [0.25, 0.3) is 0 Å². The van der Waals surface area contributed by atoms with Crippen LogP contribution >= 0.6 is 0 Å². The van der Waals surface area contributed by atoms with Crippen LogP contribution in [0.5, 0.6) is 0 Å². The van der Waals surface area contributed by atoms with E-state index in [2.05, 4.69) is 0 Å². The molecule has 0 heterocycles. The molecule has 10 aromatic rings. The van der Waals surface area contributed by atoms with Crippen molar-refractivity contribution >= 4 is 38.6 Å². The van der Waals surface area contributed by atoms with E-state index in [1.807, 2.05) is 0 Å². The molecule has 0 aromatic heterocycles. The fourth-order valence-corrected chi connectivity index (χ4v) is 6.92. The summed E-state index contributed by atoms with van der Waals surface area (Å²) in [5.41, 5.74) is -19.0. The molecule has 1 aliphatic rings. The van der Waals surface area contributed by atoms with E-state index in [0.29, 0.717) is 0 Å². The van der Waals surface area contributed by atoms with Crippen molar-refractivity contribution in [3.63, 3.8) is 0 Å². The molecule has 0 spiro atoms. The van der Waals surface area contributed by atoms with Gasteiger partial charge in [0.15, 0.2) is 0 Å². The second-order valence-electron chi connectivity index (χ2n) is 12.3. The molecule has 1 aliphatic carbocycles. The number of benzene rings is 10. The van der Waals surface area contributed by atoms with Crippen molar-refractivity contribution in [1.82, 2.24) is 0 Å². The molecule has 0 aliphatic heterocycles. The Labute approximate surface area is 394 Å². The summed E-state index contributed by atoms with van der Waals surface area (Å²) in [7, 11) is 0. The maximum Gasteiger partial charge on any atom is 0.0714 e. The Morgan fingerprint density at radius 1 is 0.328 bits per heavy atom. The van der Waals surface area contributed by atoms with Crippen LogP contribution in [0.4, 0.5) is 17.1 Å². The molecule has 0 amide bonds. The van der Waals surface area contributed by atoms with E-state index in [-0.39, 0.29) is 4.90 Å². The Kier molecular flexibility index (Phi) is 3.00. The molecule has 272 valence electrons. The van der Waals surface area contributed by atoms with Gasteiger partial charge in [-0.15, -0.1) is 0 Å². The minimum Gasteiger partial charge on any atom is -0.310 e. The molecule has 1 nitrogen and oxygen atoms in total. The molecule has 10 aromatic carbocycles. The van der Waals surface area contributed by atoms with Crippen LogP contribution in [0.15, 0.2) is 236 Å². The lowest BCUT2D eigenvalue weighted by atomic mass is 9.68. The van der Waals surface area contributed by atoms with Crippen molar-refractivity contribution in [2.45, 2.75) is 5.41 Å². The Bertz CT molecular complexity index is 5020. The predicted octanol–water partition coefficient (Wildman–Crippen LogP) is 15.2. The summed E-state index contributed by atoms with van der Waals surface area (Å²) in [4.78, 5) is 0.183. The van der Waals surface area contributed by atoms with Gasteiger partial charge in [-0.25, -0.2) is 0 Å². The monoisotopic (exact) mass is 777 g/mol. The van der Waals surface area contributed by atoms with E-state index >= 15 is 0 Å². The van der Waals surface area contributed by atoms with E-state index in [1.54, 1.807) is 0 Å². The molecule has 0 bridgehead atoms. The molecule has 0 saturated carbocycles. The van der Waals surface area contributed by atoms with Crippen molar-refractivity contribution < 1.29 is 53.5 Å². The molecule has 1 heteroatoms. The normalized spacial score (nSPS) is 22.0.